The highest BCUT2D eigenvalue weighted by Gasteiger charge is 2.24. The Labute approximate surface area is 164 Å². The average Bonchev–Trinajstić information content (AvgIpc) is 2.59. The van der Waals surface area contributed by atoms with E-state index in [4.69, 9.17) is 0 Å². The zero-order valence-electron chi connectivity index (χ0n) is 15.9. The van der Waals surface area contributed by atoms with Gasteiger partial charge >= 0.3 is 0 Å². The molecule has 0 saturated heterocycles. The first-order valence-corrected chi connectivity index (χ1v) is 10.0. The topological polar surface area (TPSA) is 40.6 Å². The number of sulfonamides is 1. The van der Waals surface area contributed by atoms with Gasteiger partial charge in [0, 0.05) is 19.6 Å². The second kappa shape index (κ2) is 10.1. The van der Waals surface area contributed by atoms with Crippen molar-refractivity contribution in [2.45, 2.75) is 31.2 Å². The highest BCUT2D eigenvalue weighted by atomic mass is 35.5. The van der Waals surface area contributed by atoms with Crippen LogP contribution in [0.25, 0.3) is 0 Å². The van der Waals surface area contributed by atoms with Crippen molar-refractivity contribution >= 4 is 22.4 Å². The van der Waals surface area contributed by atoms with Gasteiger partial charge in [0.1, 0.15) is 0 Å². The number of likely N-dealkylation sites (N-methyl/N-ethyl adjacent to an activating group) is 1. The summed E-state index contributed by atoms with van der Waals surface area (Å²) >= 11 is 0. The Hall–Kier alpha value is -1.40. The summed E-state index contributed by atoms with van der Waals surface area (Å²) in [6.07, 6.45) is 0. The SMILES string of the molecule is CC(C)c1ccc(S(=O)(=O)N(CCN(C)C)Cc2ccccc2)cc1.Cl. The van der Waals surface area contributed by atoms with E-state index in [0.29, 0.717) is 30.4 Å². The average molecular weight is 397 g/mol. The fraction of sp³-hybridized carbons (Fsp3) is 0.400. The lowest BCUT2D eigenvalue weighted by atomic mass is 10.0. The Bertz CT molecular complexity index is 760. The number of hydrogen-bond acceptors (Lipinski definition) is 3. The van der Waals surface area contributed by atoms with Crippen molar-refractivity contribution in [3.63, 3.8) is 0 Å². The largest absolute Gasteiger partial charge is 0.308 e. The number of benzene rings is 2. The van der Waals surface area contributed by atoms with E-state index in [0.717, 1.165) is 11.1 Å². The summed E-state index contributed by atoms with van der Waals surface area (Å²) in [5.74, 6) is 0.380. The monoisotopic (exact) mass is 396 g/mol. The molecule has 6 heteroatoms. The molecule has 26 heavy (non-hydrogen) atoms. The summed E-state index contributed by atoms with van der Waals surface area (Å²) in [5.41, 5.74) is 2.13. The molecule has 0 saturated carbocycles. The molecule has 0 amide bonds. The van der Waals surface area contributed by atoms with Crippen molar-refractivity contribution in [3.8, 4) is 0 Å². The zero-order chi connectivity index (χ0) is 18.4. The second-order valence-electron chi connectivity index (χ2n) is 6.85. The van der Waals surface area contributed by atoms with Crippen LogP contribution in [0.1, 0.15) is 30.9 Å². The van der Waals surface area contributed by atoms with Gasteiger partial charge in [0.2, 0.25) is 10.0 Å². The molecule has 0 radical (unpaired) electrons. The Balaban J connectivity index is 0.00000338. The minimum absolute atomic E-state index is 0. The Morgan fingerprint density at radius 1 is 0.885 bits per heavy atom. The minimum Gasteiger partial charge on any atom is -0.308 e. The van der Waals surface area contributed by atoms with Crippen LogP contribution < -0.4 is 0 Å². The molecule has 2 rings (SSSR count). The Morgan fingerprint density at radius 2 is 1.46 bits per heavy atom. The maximum atomic E-state index is 13.1. The molecule has 0 spiro atoms. The molecule has 0 aliphatic heterocycles. The molecule has 2 aromatic rings. The molecule has 2 aromatic carbocycles. The summed E-state index contributed by atoms with van der Waals surface area (Å²) in [5, 5.41) is 0. The highest BCUT2D eigenvalue weighted by Crippen LogP contribution is 2.21. The summed E-state index contributed by atoms with van der Waals surface area (Å²) in [7, 11) is 0.368. The molecule has 0 bridgehead atoms. The van der Waals surface area contributed by atoms with Crippen molar-refractivity contribution in [1.29, 1.82) is 0 Å². The van der Waals surface area contributed by atoms with Crippen LogP contribution in [0.5, 0.6) is 0 Å². The van der Waals surface area contributed by atoms with E-state index in [9.17, 15) is 8.42 Å². The maximum Gasteiger partial charge on any atom is 0.243 e. The molecule has 4 nitrogen and oxygen atoms in total. The van der Waals surface area contributed by atoms with E-state index in [1.165, 1.54) is 0 Å². The van der Waals surface area contributed by atoms with E-state index in [1.54, 1.807) is 16.4 Å². The first-order chi connectivity index (χ1) is 11.8. The lowest BCUT2D eigenvalue weighted by Crippen LogP contribution is -2.36. The number of nitrogens with zero attached hydrogens (tertiary/aromatic N) is 2. The lowest BCUT2D eigenvalue weighted by molar-refractivity contribution is 0.329. The zero-order valence-corrected chi connectivity index (χ0v) is 17.6. The van der Waals surface area contributed by atoms with Crippen LogP contribution in [0.2, 0.25) is 0 Å². The third kappa shape index (κ3) is 6.09. The van der Waals surface area contributed by atoms with E-state index in [2.05, 4.69) is 13.8 Å². The van der Waals surface area contributed by atoms with E-state index in [1.807, 2.05) is 61.5 Å². The van der Waals surface area contributed by atoms with Gasteiger partial charge in [-0.05, 0) is 43.3 Å². The van der Waals surface area contributed by atoms with Gasteiger partial charge in [-0.15, -0.1) is 12.4 Å². The van der Waals surface area contributed by atoms with Gasteiger partial charge < -0.3 is 4.90 Å². The third-order valence-corrected chi connectivity index (χ3v) is 6.04. The minimum atomic E-state index is -3.53. The molecule has 0 heterocycles. The third-order valence-electron chi connectivity index (χ3n) is 4.18. The molecular formula is C20H29ClN2O2S. The molecule has 0 aliphatic rings. The van der Waals surface area contributed by atoms with Crippen LogP contribution in [0.3, 0.4) is 0 Å². The van der Waals surface area contributed by atoms with Gasteiger partial charge in [-0.3, -0.25) is 0 Å². The molecule has 0 aromatic heterocycles. The molecular weight excluding hydrogens is 368 g/mol. The summed E-state index contributed by atoms with van der Waals surface area (Å²) in [6.45, 7) is 5.71. The van der Waals surface area contributed by atoms with Crippen LogP contribution in [0.4, 0.5) is 0 Å². The van der Waals surface area contributed by atoms with Crippen molar-refractivity contribution in [1.82, 2.24) is 9.21 Å². The summed E-state index contributed by atoms with van der Waals surface area (Å²) < 4.78 is 27.8. The van der Waals surface area contributed by atoms with Crippen LogP contribution >= 0.6 is 12.4 Å². The molecule has 0 atom stereocenters. The number of rotatable bonds is 8. The highest BCUT2D eigenvalue weighted by molar-refractivity contribution is 7.89. The van der Waals surface area contributed by atoms with Gasteiger partial charge in [0.05, 0.1) is 4.90 Å². The fourth-order valence-electron chi connectivity index (χ4n) is 2.56. The van der Waals surface area contributed by atoms with Crippen molar-refractivity contribution < 1.29 is 8.42 Å². The van der Waals surface area contributed by atoms with Crippen LogP contribution in [0, 0.1) is 0 Å². The quantitative estimate of drug-likeness (QED) is 0.677. The van der Waals surface area contributed by atoms with Crippen molar-refractivity contribution in [3.05, 3.63) is 65.7 Å². The summed E-state index contributed by atoms with van der Waals surface area (Å²) in [6, 6.07) is 17.0. The van der Waals surface area contributed by atoms with Crippen molar-refractivity contribution in [2.75, 3.05) is 27.2 Å². The van der Waals surface area contributed by atoms with E-state index in [-0.39, 0.29) is 12.4 Å². The van der Waals surface area contributed by atoms with Crippen LogP contribution in [-0.4, -0.2) is 44.8 Å². The second-order valence-corrected chi connectivity index (χ2v) is 8.79. The van der Waals surface area contributed by atoms with Gasteiger partial charge in [-0.2, -0.15) is 4.31 Å². The fourth-order valence-corrected chi connectivity index (χ4v) is 3.98. The van der Waals surface area contributed by atoms with Gasteiger partial charge in [0.15, 0.2) is 0 Å². The Morgan fingerprint density at radius 3 is 1.96 bits per heavy atom. The first kappa shape index (κ1) is 22.6. The van der Waals surface area contributed by atoms with E-state index >= 15 is 0 Å². The molecule has 0 aliphatic carbocycles. The Kier molecular flexibility index (Phi) is 8.77. The lowest BCUT2D eigenvalue weighted by Gasteiger charge is -2.24. The molecule has 0 N–H and O–H groups in total. The molecule has 0 fully saturated rings. The standard InChI is InChI=1S/C20H28N2O2S.ClH/c1-17(2)19-10-12-20(13-11-19)25(23,24)22(15-14-21(3)4)16-18-8-6-5-7-9-18;/h5-13,17H,14-16H2,1-4H3;1H. The van der Waals surface area contributed by atoms with Crippen LogP contribution in [0.15, 0.2) is 59.5 Å². The van der Waals surface area contributed by atoms with Gasteiger partial charge in [-0.1, -0.05) is 56.3 Å². The van der Waals surface area contributed by atoms with Crippen LogP contribution in [-0.2, 0) is 16.6 Å². The van der Waals surface area contributed by atoms with Gasteiger partial charge in [0.25, 0.3) is 0 Å². The summed E-state index contributed by atoms with van der Waals surface area (Å²) in [4.78, 5) is 2.35. The van der Waals surface area contributed by atoms with Gasteiger partial charge in [-0.25, -0.2) is 8.42 Å². The number of hydrogen-bond donors (Lipinski definition) is 0. The smallest absolute Gasteiger partial charge is 0.243 e. The first-order valence-electron chi connectivity index (χ1n) is 8.59. The van der Waals surface area contributed by atoms with Crippen molar-refractivity contribution in [2.24, 2.45) is 0 Å². The molecule has 0 unspecified atom stereocenters. The molecule has 144 valence electrons. The van der Waals surface area contributed by atoms with E-state index < -0.39 is 10.0 Å². The predicted molar refractivity (Wildman–Crippen MR) is 110 cm³/mol. The maximum absolute atomic E-state index is 13.1. The number of halogens is 1. The normalized spacial score (nSPS) is 11.8. The predicted octanol–water partition coefficient (Wildman–Crippen LogP) is 3.98.